The summed E-state index contributed by atoms with van der Waals surface area (Å²) in [6.07, 6.45) is 5.45. The molecule has 0 spiro atoms. The van der Waals surface area contributed by atoms with Gasteiger partial charge >= 0.3 is 0 Å². The van der Waals surface area contributed by atoms with Gasteiger partial charge in [0.25, 0.3) is 0 Å². The number of hydrogen-bond acceptors (Lipinski definition) is 1. The molecule has 1 nitrogen and oxygen atoms in total. The Hall–Kier alpha value is -0.0400. The average Bonchev–Trinajstić information content (AvgIpc) is 2.28. The van der Waals surface area contributed by atoms with Crippen molar-refractivity contribution in [3.63, 3.8) is 0 Å². The Kier molecular flexibility index (Phi) is 5.50. The first-order valence-corrected chi connectivity index (χ1v) is 7.63. The first-order chi connectivity index (χ1) is 7.88. The van der Waals surface area contributed by atoms with Gasteiger partial charge in [-0.15, -0.1) is 0 Å². The van der Waals surface area contributed by atoms with Crippen LogP contribution in [0.3, 0.4) is 0 Å². The smallest absolute Gasteiger partial charge is 0.0153 e. The predicted octanol–water partition coefficient (Wildman–Crippen LogP) is 4.57. The minimum atomic E-state index is 0.417. The molecular weight excluding hydrogens is 206 g/mol. The summed E-state index contributed by atoms with van der Waals surface area (Å²) >= 11 is 0. The Bertz CT molecular complexity index is 212. The highest BCUT2D eigenvalue weighted by Crippen LogP contribution is 2.33. The lowest BCUT2D eigenvalue weighted by Crippen LogP contribution is -2.48. The lowest BCUT2D eigenvalue weighted by Gasteiger charge is -2.44. The van der Waals surface area contributed by atoms with Crippen LogP contribution in [0, 0.1) is 17.8 Å². The van der Waals surface area contributed by atoms with Gasteiger partial charge in [-0.25, -0.2) is 0 Å². The minimum absolute atomic E-state index is 0.417. The molecule has 1 aliphatic rings. The fraction of sp³-hybridized carbons (Fsp3) is 1.00. The first-order valence-electron chi connectivity index (χ1n) is 7.63. The van der Waals surface area contributed by atoms with E-state index in [-0.39, 0.29) is 0 Å². The molecule has 0 aliphatic carbocycles. The molecule has 1 fully saturated rings. The van der Waals surface area contributed by atoms with Crippen LogP contribution in [0.1, 0.15) is 67.2 Å². The van der Waals surface area contributed by atoms with Gasteiger partial charge in [0.05, 0.1) is 0 Å². The molecule has 17 heavy (non-hydrogen) atoms. The highest BCUT2D eigenvalue weighted by Gasteiger charge is 2.32. The normalized spacial score (nSPS) is 22.1. The van der Waals surface area contributed by atoms with Crippen molar-refractivity contribution in [3.05, 3.63) is 0 Å². The largest absolute Gasteiger partial charge is 0.298 e. The van der Waals surface area contributed by atoms with E-state index in [9.17, 15) is 0 Å². The van der Waals surface area contributed by atoms with Gasteiger partial charge < -0.3 is 0 Å². The van der Waals surface area contributed by atoms with Crippen LogP contribution >= 0.6 is 0 Å². The van der Waals surface area contributed by atoms with Crippen molar-refractivity contribution in [2.45, 2.75) is 72.8 Å². The summed E-state index contributed by atoms with van der Waals surface area (Å²) in [5, 5.41) is 0. The van der Waals surface area contributed by atoms with Gasteiger partial charge in [0, 0.05) is 5.54 Å². The molecule has 1 rings (SSSR count). The van der Waals surface area contributed by atoms with Gasteiger partial charge in [-0.1, -0.05) is 34.1 Å². The van der Waals surface area contributed by atoms with Crippen LogP contribution in [-0.2, 0) is 0 Å². The van der Waals surface area contributed by atoms with Crippen molar-refractivity contribution in [2.75, 3.05) is 13.1 Å². The van der Waals surface area contributed by atoms with E-state index in [2.05, 4.69) is 46.4 Å². The molecule has 0 aromatic carbocycles. The van der Waals surface area contributed by atoms with Crippen molar-refractivity contribution in [1.82, 2.24) is 4.90 Å². The summed E-state index contributed by atoms with van der Waals surface area (Å²) in [6.45, 7) is 17.0. The fourth-order valence-electron chi connectivity index (χ4n) is 3.34. The molecule has 0 radical (unpaired) electrons. The second-order valence-corrected chi connectivity index (χ2v) is 6.99. The lowest BCUT2D eigenvalue weighted by atomic mass is 9.78. The molecule has 0 aromatic rings. The fourth-order valence-corrected chi connectivity index (χ4v) is 3.34. The monoisotopic (exact) mass is 239 g/mol. The highest BCUT2D eigenvalue weighted by molar-refractivity contribution is 4.86. The zero-order valence-corrected chi connectivity index (χ0v) is 12.9. The quantitative estimate of drug-likeness (QED) is 0.679. The topological polar surface area (TPSA) is 3.24 Å². The van der Waals surface area contributed by atoms with Crippen LogP contribution in [0.2, 0.25) is 0 Å². The SMILES string of the molecule is CCCC(C)(C)N1CCC(C(C)C(C)C)CC1. The summed E-state index contributed by atoms with van der Waals surface area (Å²) in [4.78, 5) is 2.72. The van der Waals surface area contributed by atoms with Gasteiger partial charge in [-0.3, -0.25) is 4.90 Å². The molecule has 0 amide bonds. The second kappa shape index (κ2) is 6.22. The first kappa shape index (κ1) is 15.0. The molecule has 1 aliphatic heterocycles. The number of piperidine rings is 1. The Balaban J connectivity index is 2.45. The Morgan fingerprint density at radius 2 is 1.65 bits per heavy atom. The number of rotatable bonds is 5. The molecule has 1 unspecified atom stereocenters. The number of likely N-dealkylation sites (tertiary alicyclic amines) is 1. The minimum Gasteiger partial charge on any atom is -0.298 e. The van der Waals surface area contributed by atoms with E-state index in [1.807, 2.05) is 0 Å². The molecule has 0 bridgehead atoms. The van der Waals surface area contributed by atoms with Crippen LogP contribution in [-0.4, -0.2) is 23.5 Å². The van der Waals surface area contributed by atoms with Crippen molar-refractivity contribution in [1.29, 1.82) is 0 Å². The third-order valence-electron chi connectivity index (χ3n) is 5.05. The summed E-state index contributed by atoms with van der Waals surface area (Å²) in [7, 11) is 0. The standard InChI is InChI=1S/C16H33N/c1-7-10-16(5,6)17-11-8-15(9-12-17)14(4)13(2)3/h13-15H,7-12H2,1-6H3. The van der Waals surface area contributed by atoms with Crippen molar-refractivity contribution in [2.24, 2.45) is 17.8 Å². The number of hydrogen-bond donors (Lipinski definition) is 0. The second-order valence-electron chi connectivity index (χ2n) is 6.99. The summed E-state index contributed by atoms with van der Waals surface area (Å²) in [5.74, 6) is 2.70. The Morgan fingerprint density at radius 1 is 1.12 bits per heavy atom. The predicted molar refractivity (Wildman–Crippen MR) is 77.3 cm³/mol. The van der Waals surface area contributed by atoms with Gasteiger partial charge in [0.15, 0.2) is 0 Å². The van der Waals surface area contributed by atoms with E-state index >= 15 is 0 Å². The highest BCUT2D eigenvalue weighted by atomic mass is 15.2. The summed E-state index contributed by atoms with van der Waals surface area (Å²) in [6, 6.07) is 0. The van der Waals surface area contributed by atoms with Gasteiger partial charge in [0.2, 0.25) is 0 Å². The van der Waals surface area contributed by atoms with E-state index < -0.39 is 0 Å². The zero-order valence-electron chi connectivity index (χ0n) is 12.9. The van der Waals surface area contributed by atoms with Gasteiger partial charge in [-0.2, -0.15) is 0 Å². The van der Waals surface area contributed by atoms with Crippen LogP contribution < -0.4 is 0 Å². The molecule has 1 atom stereocenters. The van der Waals surface area contributed by atoms with E-state index in [1.54, 1.807) is 0 Å². The maximum absolute atomic E-state index is 2.72. The third-order valence-corrected chi connectivity index (χ3v) is 5.05. The molecule has 1 heteroatoms. The van der Waals surface area contributed by atoms with Crippen LogP contribution in [0.25, 0.3) is 0 Å². The van der Waals surface area contributed by atoms with Crippen LogP contribution in [0.15, 0.2) is 0 Å². The molecule has 0 N–H and O–H groups in total. The Labute approximate surface area is 109 Å². The van der Waals surface area contributed by atoms with Crippen molar-refractivity contribution in [3.8, 4) is 0 Å². The number of nitrogens with zero attached hydrogens (tertiary/aromatic N) is 1. The molecule has 0 saturated carbocycles. The van der Waals surface area contributed by atoms with E-state index in [0.29, 0.717) is 5.54 Å². The molecule has 1 heterocycles. The molecular formula is C16H33N. The van der Waals surface area contributed by atoms with Crippen molar-refractivity contribution >= 4 is 0 Å². The zero-order chi connectivity index (χ0) is 13.1. The molecule has 0 aromatic heterocycles. The van der Waals surface area contributed by atoms with Gasteiger partial charge in [-0.05, 0) is 64.0 Å². The van der Waals surface area contributed by atoms with E-state index in [1.165, 1.54) is 38.8 Å². The molecule has 1 saturated heterocycles. The maximum Gasteiger partial charge on any atom is 0.0153 e. The average molecular weight is 239 g/mol. The summed E-state index contributed by atoms with van der Waals surface area (Å²) in [5.41, 5.74) is 0.417. The maximum atomic E-state index is 2.72. The molecule has 102 valence electrons. The van der Waals surface area contributed by atoms with Gasteiger partial charge in [0.1, 0.15) is 0 Å². The lowest BCUT2D eigenvalue weighted by molar-refractivity contribution is 0.0495. The van der Waals surface area contributed by atoms with Crippen LogP contribution in [0.4, 0.5) is 0 Å². The summed E-state index contributed by atoms with van der Waals surface area (Å²) < 4.78 is 0. The third kappa shape index (κ3) is 3.98. The van der Waals surface area contributed by atoms with E-state index in [0.717, 1.165) is 17.8 Å². The van der Waals surface area contributed by atoms with E-state index in [4.69, 9.17) is 0 Å². The van der Waals surface area contributed by atoms with Crippen molar-refractivity contribution < 1.29 is 0 Å². The Morgan fingerprint density at radius 3 is 2.06 bits per heavy atom. The van der Waals surface area contributed by atoms with Crippen LogP contribution in [0.5, 0.6) is 0 Å².